The highest BCUT2D eigenvalue weighted by atomic mass is 19.1. The molecule has 4 N–H and O–H groups in total. The van der Waals surface area contributed by atoms with Gasteiger partial charge in [-0.3, -0.25) is 4.79 Å². The Hall–Kier alpha value is -1.62. The molecule has 0 heterocycles. The van der Waals surface area contributed by atoms with Crippen LogP contribution in [0.15, 0.2) is 18.2 Å². The molecule has 1 amide bonds. The fourth-order valence-corrected chi connectivity index (χ4v) is 1.25. The molecule has 0 unspecified atom stereocenters. The average Bonchev–Trinajstić information content (AvgIpc) is 2.13. The Bertz CT molecular complexity index is 444. The number of rotatable bonds is 3. The molecule has 4 nitrogen and oxygen atoms in total. The van der Waals surface area contributed by atoms with E-state index >= 15 is 0 Å². The fraction of sp³-hybridized carbons (Fsp3) is 0.462. The molecule has 1 rings (SSSR count). The quantitative estimate of drug-likeness (QED) is 0.718. The molecule has 0 aliphatic carbocycles. The minimum atomic E-state index is -1.11. The smallest absolute Gasteiger partial charge is 0.251 e. The van der Waals surface area contributed by atoms with E-state index in [1.165, 1.54) is 6.07 Å². The highest BCUT2D eigenvalue weighted by Gasteiger charge is 2.36. The van der Waals surface area contributed by atoms with E-state index in [9.17, 15) is 14.3 Å². The van der Waals surface area contributed by atoms with Crippen molar-refractivity contribution in [1.29, 1.82) is 0 Å². The summed E-state index contributed by atoms with van der Waals surface area (Å²) in [6.45, 7) is 6.56. The fourth-order valence-electron chi connectivity index (χ4n) is 1.25. The average molecular weight is 254 g/mol. The first-order valence-corrected chi connectivity index (χ1v) is 5.64. The van der Waals surface area contributed by atoms with E-state index in [1.807, 2.05) is 0 Å². The summed E-state index contributed by atoms with van der Waals surface area (Å²) in [6.07, 6.45) is 0. The monoisotopic (exact) mass is 254 g/mol. The number of nitrogens with two attached hydrogens (primary N) is 1. The normalized spacial score (nSPS) is 12.3. The number of amides is 1. The van der Waals surface area contributed by atoms with E-state index in [2.05, 4.69) is 5.32 Å². The first-order valence-electron chi connectivity index (χ1n) is 5.64. The lowest BCUT2D eigenvalue weighted by Gasteiger charge is -2.38. The summed E-state index contributed by atoms with van der Waals surface area (Å²) in [7, 11) is 0. The lowest BCUT2D eigenvalue weighted by Crippen LogP contribution is -2.57. The second-order valence-electron chi connectivity index (χ2n) is 5.41. The van der Waals surface area contributed by atoms with Crippen LogP contribution in [0.3, 0.4) is 0 Å². The Labute approximate surface area is 106 Å². The second-order valence-corrected chi connectivity index (χ2v) is 5.41. The van der Waals surface area contributed by atoms with Crippen molar-refractivity contribution in [3.8, 4) is 0 Å². The van der Waals surface area contributed by atoms with Gasteiger partial charge >= 0.3 is 0 Å². The highest BCUT2D eigenvalue weighted by Crippen LogP contribution is 2.21. The van der Waals surface area contributed by atoms with E-state index in [0.717, 1.165) is 12.1 Å². The molecule has 0 atom stereocenters. The van der Waals surface area contributed by atoms with E-state index in [1.54, 1.807) is 27.7 Å². The summed E-state index contributed by atoms with van der Waals surface area (Å²) >= 11 is 0. The van der Waals surface area contributed by atoms with Crippen LogP contribution >= 0.6 is 0 Å². The third-order valence-electron chi connectivity index (χ3n) is 3.14. The summed E-state index contributed by atoms with van der Waals surface area (Å²) in [6, 6.07) is 3.63. The SMILES string of the molecule is CC(C)(O)C(C)(C)NC(=O)c1cc(N)cc(F)c1. The van der Waals surface area contributed by atoms with Crippen molar-refractivity contribution in [2.75, 3.05) is 5.73 Å². The number of carbonyl (C=O) groups is 1. The molecular weight excluding hydrogens is 235 g/mol. The van der Waals surface area contributed by atoms with Gasteiger partial charge in [-0.15, -0.1) is 0 Å². The topological polar surface area (TPSA) is 75.3 Å². The molecule has 0 saturated heterocycles. The minimum absolute atomic E-state index is 0.129. The van der Waals surface area contributed by atoms with Gasteiger partial charge in [0.15, 0.2) is 0 Å². The maximum atomic E-state index is 13.1. The van der Waals surface area contributed by atoms with Crippen molar-refractivity contribution in [1.82, 2.24) is 5.32 Å². The largest absolute Gasteiger partial charge is 0.399 e. The molecule has 1 aromatic rings. The number of nitrogen functional groups attached to an aromatic ring is 1. The van der Waals surface area contributed by atoms with Crippen molar-refractivity contribution in [3.63, 3.8) is 0 Å². The second kappa shape index (κ2) is 4.57. The van der Waals surface area contributed by atoms with Gasteiger partial charge in [0, 0.05) is 11.3 Å². The Kier molecular flexibility index (Phi) is 3.67. The van der Waals surface area contributed by atoms with Crippen molar-refractivity contribution in [3.05, 3.63) is 29.6 Å². The first-order chi connectivity index (χ1) is 8.03. The predicted octanol–water partition coefficient (Wildman–Crippen LogP) is 1.69. The predicted molar refractivity (Wildman–Crippen MR) is 68.7 cm³/mol. The molecule has 0 spiro atoms. The number of halogens is 1. The molecule has 0 aliphatic heterocycles. The van der Waals surface area contributed by atoms with Crippen LogP contribution in [0.4, 0.5) is 10.1 Å². The van der Waals surface area contributed by atoms with Crippen molar-refractivity contribution in [2.24, 2.45) is 0 Å². The maximum absolute atomic E-state index is 13.1. The summed E-state index contributed by atoms with van der Waals surface area (Å²) in [5.41, 5.74) is 3.82. The zero-order valence-electron chi connectivity index (χ0n) is 11.0. The molecular formula is C13H19FN2O2. The van der Waals surface area contributed by atoms with Crippen LogP contribution in [0.5, 0.6) is 0 Å². The Morgan fingerprint density at radius 3 is 2.28 bits per heavy atom. The van der Waals surface area contributed by atoms with Crippen LogP contribution in [0.1, 0.15) is 38.1 Å². The van der Waals surface area contributed by atoms with Crippen LogP contribution in [0.25, 0.3) is 0 Å². The van der Waals surface area contributed by atoms with Crippen molar-refractivity contribution in [2.45, 2.75) is 38.8 Å². The molecule has 0 fully saturated rings. The highest BCUT2D eigenvalue weighted by molar-refractivity contribution is 5.95. The van der Waals surface area contributed by atoms with Gasteiger partial charge in [-0.2, -0.15) is 0 Å². The Morgan fingerprint density at radius 2 is 1.83 bits per heavy atom. The van der Waals surface area contributed by atoms with Crippen LogP contribution in [0, 0.1) is 5.82 Å². The van der Waals surface area contributed by atoms with E-state index < -0.39 is 22.9 Å². The molecule has 0 radical (unpaired) electrons. The molecule has 18 heavy (non-hydrogen) atoms. The summed E-state index contributed by atoms with van der Waals surface area (Å²) < 4.78 is 13.1. The molecule has 0 aliphatic rings. The van der Waals surface area contributed by atoms with Gasteiger partial charge in [-0.25, -0.2) is 4.39 Å². The minimum Gasteiger partial charge on any atom is -0.399 e. The molecule has 100 valence electrons. The van der Waals surface area contributed by atoms with Gasteiger partial charge in [-0.1, -0.05) is 0 Å². The van der Waals surface area contributed by atoms with Gasteiger partial charge in [-0.05, 0) is 45.9 Å². The van der Waals surface area contributed by atoms with E-state index in [0.29, 0.717) is 0 Å². The number of hydrogen-bond acceptors (Lipinski definition) is 3. The summed E-state index contributed by atoms with van der Waals surface area (Å²) in [5.74, 6) is -1.05. The van der Waals surface area contributed by atoms with Crippen molar-refractivity contribution < 1.29 is 14.3 Å². The Morgan fingerprint density at radius 1 is 1.28 bits per heavy atom. The molecule has 0 aromatic heterocycles. The number of aliphatic hydroxyl groups is 1. The summed E-state index contributed by atoms with van der Waals surface area (Å²) in [5, 5.41) is 12.6. The lowest BCUT2D eigenvalue weighted by molar-refractivity contribution is -0.00293. The molecule has 1 aromatic carbocycles. The third-order valence-corrected chi connectivity index (χ3v) is 3.14. The number of anilines is 1. The van der Waals surface area contributed by atoms with Gasteiger partial charge < -0.3 is 16.2 Å². The zero-order valence-corrected chi connectivity index (χ0v) is 11.0. The standard InChI is InChI=1S/C13H19FN2O2/c1-12(2,13(3,4)18)16-11(17)8-5-9(14)7-10(15)6-8/h5-7,18H,15H2,1-4H3,(H,16,17). The van der Waals surface area contributed by atoms with Gasteiger partial charge in [0.2, 0.25) is 0 Å². The van der Waals surface area contributed by atoms with Crippen LogP contribution in [-0.2, 0) is 0 Å². The zero-order chi connectivity index (χ0) is 14.1. The van der Waals surface area contributed by atoms with Crippen LogP contribution in [0.2, 0.25) is 0 Å². The number of benzene rings is 1. The molecule has 0 bridgehead atoms. The van der Waals surface area contributed by atoms with Gasteiger partial charge in [0.05, 0.1) is 11.1 Å². The lowest BCUT2D eigenvalue weighted by atomic mass is 9.85. The van der Waals surface area contributed by atoms with Crippen LogP contribution < -0.4 is 11.1 Å². The molecule has 5 heteroatoms. The van der Waals surface area contributed by atoms with E-state index in [-0.39, 0.29) is 11.3 Å². The Balaban J connectivity index is 2.96. The van der Waals surface area contributed by atoms with Crippen molar-refractivity contribution >= 4 is 11.6 Å². The number of hydrogen-bond donors (Lipinski definition) is 3. The third kappa shape index (κ3) is 3.20. The van der Waals surface area contributed by atoms with Crippen LogP contribution in [-0.4, -0.2) is 22.2 Å². The maximum Gasteiger partial charge on any atom is 0.251 e. The molecule has 0 saturated carbocycles. The van der Waals surface area contributed by atoms with E-state index in [4.69, 9.17) is 5.73 Å². The number of nitrogens with one attached hydrogen (secondary N) is 1. The number of carbonyl (C=O) groups excluding carboxylic acids is 1. The summed E-state index contributed by atoms with van der Waals surface area (Å²) in [4.78, 5) is 12.0. The van der Waals surface area contributed by atoms with Gasteiger partial charge in [0.1, 0.15) is 5.82 Å². The first kappa shape index (κ1) is 14.4. The van der Waals surface area contributed by atoms with Gasteiger partial charge in [0.25, 0.3) is 5.91 Å².